The Bertz CT molecular complexity index is 323. The van der Waals surface area contributed by atoms with Gasteiger partial charge in [0.1, 0.15) is 0 Å². The van der Waals surface area contributed by atoms with Gasteiger partial charge >= 0.3 is 0 Å². The average molecular weight is 296 g/mol. The fourth-order valence-corrected chi connectivity index (χ4v) is 3.36. The topological polar surface area (TPSA) is 55.1 Å². The molecule has 0 bridgehead atoms. The molecule has 3 N–H and O–H groups in total. The van der Waals surface area contributed by atoms with Crippen LogP contribution in [0.2, 0.25) is 0 Å². The van der Waals surface area contributed by atoms with Crippen molar-refractivity contribution in [3.05, 3.63) is 0 Å². The zero-order valence-corrected chi connectivity index (χ0v) is 14.8. The Labute approximate surface area is 131 Å². The van der Waals surface area contributed by atoms with E-state index in [4.69, 9.17) is 5.73 Å². The molecule has 0 aromatic carbocycles. The van der Waals surface area contributed by atoms with E-state index in [0.29, 0.717) is 5.41 Å². The van der Waals surface area contributed by atoms with E-state index in [1.54, 1.807) is 0 Å². The maximum Gasteiger partial charge on any atom is 0.223 e. The van der Waals surface area contributed by atoms with Crippen LogP contribution in [0, 0.1) is 22.7 Å². The van der Waals surface area contributed by atoms with Gasteiger partial charge in [0.15, 0.2) is 0 Å². The highest BCUT2D eigenvalue weighted by Gasteiger charge is 2.32. The molecule has 0 aromatic rings. The summed E-state index contributed by atoms with van der Waals surface area (Å²) in [6, 6.07) is 0. The van der Waals surface area contributed by atoms with Gasteiger partial charge < -0.3 is 11.1 Å². The monoisotopic (exact) mass is 296 g/mol. The van der Waals surface area contributed by atoms with Crippen LogP contribution in [-0.2, 0) is 4.79 Å². The van der Waals surface area contributed by atoms with Gasteiger partial charge in [-0.25, -0.2) is 0 Å². The van der Waals surface area contributed by atoms with Crippen molar-refractivity contribution in [2.75, 3.05) is 13.1 Å². The molecule has 0 radical (unpaired) electrons. The molecule has 1 amide bonds. The van der Waals surface area contributed by atoms with Crippen LogP contribution in [0.5, 0.6) is 0 Å². The smallest absolute Gasteiger partial charge is 0.223 e. The molecular formula is C18H36N2O. The van der Waals surface area contributed by atoms with Gasteiger partial charge in [-0.1, -0.05) is 34.6 Å². The number of carbonyl (C=O) groups excluding carboxylic acids is 1. The first-order valence-electron chi connectivity index (χ1n) is 8.63. The Morgan fingerprint density at radius 2 is 1.67 bits per heavy atom. The van der Waals surface area contributed by atoms with Gasteiger partial charge in [-0.3, -0.25) is 4.79 Å². The number of nitrogens with one attached hydrogen (secondary N) is 1. The Kier molecular flexibility index (Phi) is 6.71. The first-order valence-corrected chi connectivity index (χ1v) is 8.63. The van der Waals surface area contributed by atoms with E-state index in [1.165, 1.54) is 12.8 Å². The summed E-state index contributed by atoms with van der Waals surface area (Å²) in [6.45, 7) is 12.9. The first-order chi connectivity index (χ1) is 9.65. The summed E-state index contributed by atoms with van der Waals surface area (Å²) >= 11 is 0. The molecule has 1 rings (SSSR count). The maximum atomic E-state index is 12.3. The predicted octanol–water partition coefficient (Wildman–Crippen LogP) is 3.72. The Hall–Kier alpha value is -0.570. The third kappa shape index (κ3) is 6.37. The molecule has 21 heavy (non-hydrogen) atoms. The van der Waals surface area contributed by atoms with Crippen LogP contribution in [0.15, 0.2) is 0 Å². The van der Waals surface area contributed by atoms with Crippen molar-refractivity contribution in [2.45, 2.75) is 73.1 Å². The van der Waals surface area contributed by atoms with E-state index in [-0.39, 0.29) is 17.2 Å². The largest absolute Gasteiger partial charge is 0.355 e. The summed E-state index contributed by atoms with van der Waals surface area (Å²) in [5.41, 5.74) is 6.10. The lowest BCUT2D eigenvalue weighted by atomic mass is 9.69. The zero-order valence-electron chi connectivity index (χ0n) is 14.8. The molecule has 0 heterocycles. The van der Waals surface area contributed by atoms with E-state index in [2.05, 4.69) is 39.9 Å². The fraction of sp³-hybridized carbons (Fsp3) is 0.944. The van der Waals surface area contributed by atoms with Gasteiger partial charge in [0.05, 0.1) is 0 Å². The highest BCUT2D eigenvalue weighted by atomic mass is 16.1. The summed E-state index contributed by atoms with van der Waals surface area (Å²) in [6.07, 6.45) is 6.59. The van der Waals surface area contributed by atoms with Crippen molar-refractivity contribution < 1.29 is 4.79 Å². The van der Waals surface area contributed by atoms with Crippen molar-refractivity contribution in [2.24, 2.45) is 28.4 Å². The second-order valence-corrected chi connectivity index (χ2v) is 8.69. The van der Waals surface area contributed by atoms with Gasteiger partial charge in [0.2, 0.25) is 5.91 Å². The molecule has 3 heteroatoms. The summed E-state index contributed by atoms with van der Waals surface area (Å²) < 4.78 is 0. The van der Waals surface area contributed by atoms with Crippen LogP contribution in [-0.4, -0.2) is 19.0 Å². The van der Waals surface area contributed by atoms with E-state index >= 15 is 0 Å². The van der Waals surface area contributed by atoms with Gasteiger partial charge in [0.25, 0.3) is 0 Å². The molecule has 0 saturated heterocycles. The van der Waals surface area contributed by atoms with Crippen LogP contribution in [0.4, 0.5) is 0 Å². The summed E-state index contributed by atoms with van der Waals surface area (Å²) in [4.78, 5) is 12.3. The maximum absolute atomic E-state index is 12.3. The zero-order chi connectivity index (χ0) is 16.1. The number of hydrogen-bond acceptors (Lipinski definition) is 2. The molecule has 124 valence electrons. The number of nitrogens with two attached hydrogens (primary N) is 1. The minimum absolute atomic E-state index is 0.150. The number of carbonyl (C=O) groups is 1. The molecule has 3 nitrogen and oxygen atoms in total. The molecule has 1 saturated carbocycles. The minimum Gasteiger partial charge on any atom is -0.355 e. The molecule has 0 unspecified atom stereocenters. The van der Waals surface area contributed by atoms with Crippen LogP contribution in [0.3, 0.4) is 0 Å². The summed E-state index contributed by atoms with van der Waals surface area (Å²) in [7, 11) is 0. The summed E-state index contributed by atoms with van der Waals surface area (Å²) in [5.74, 6) is 1.26. The Morgan fingerprint density at radius 1 is 1.10 bits per heavy atom. The highest BCUT2D eigenvalue weighted by Crippen LogP contribution is 2.39. The number of hydrogen-bond donors (Lipinski definition) is 2. The van der Waals surface area contributed by atoms with Crippen LogP contribution >= 0.6 is 0 Å². The second kappa shape index (κ2) is 7.62. The highest BCUT2D eigenvalue weighted by molar-refractivity contribution is 5.78. The molecule has 0 aliphatic heterocycles. The van der Waals surface area contributed by atoms with Crippen LogP contribution in [0.1, 0.15) is 73.1 Å². The molecule has 1 aliphatic carbocycles. The van der Waals surface area contributed by atoms with Gasteiger partial charge in [-0.15, -0.1) is 0 Å². The third-order valence-corrected chi connectivity index (χ3v) is 5.12. The normalized spacial score (nSPS) is 23.9. The van der Waals surface area contributed by atoms with Gasteiger partial charge in [0, 0.05) is 12.5 Å². The van der Waals surface area contributed by atoms with E-state index in [0.717, 1.165) is 44.7 Å². The van der Waals surface area contributed by atoms with E-state index in [9.17, 15) is 4.79 Å². The van der Waals surface area contributed by atoms with Crippen LogP contribution < -0.4 is 11.1 Å². The number of amides is 1. The van der Waals surface area contributed by atoms with Crippen LogP contribution in [0.25, 0.3) is 0 Å². The third-order valence-electron chi connectivity index (χ3n) is 5.12. The Balaban J connectivity index is 2.34. The molecule has 0 spiro atoms. The van der Waals surface area contributed by atoms with Crippen molar-refractivity contribution in [3.63, 3.8) is 0 Å². The predicted molar refractivity (Wildman–Crippen MR) is 90.0 cm³/mol. The van der Waals surface area contributed by atoms with Gasteiger partial charge in [-0.05, 0) is 61.8 Å². The first kappa shape index (κ1) is 18.5. The molecule has 0 atom stereocenters. The lowest BCUT2D eigenvalue weighted by Gasteiger charge is -2.36. The van der Waals surface area contributed by atoms with Crippen molar-refractivity contribution in [1.29, 1.82) is 0 Å². The second-order valence-electron chi connectivity index (χ2n) is 8.69. The van der Waals surface area contributed by atoms with E-state index < -0.39 is 0 Å². The van der Waals surface area contributed by atoms with Crippen molar-refractivity contribution in [1.82, 2.24) is 5.32 Å². The summed E-state index contributed by atoms with van der Waals surface area (Å²) in [5, 5.41) is 3.18. The van der Waals surface area contributed by atoms with Crippen molar-refractivity contribution in [3.8, 4) is 0 Å². The molecular weight excluding hydrogens is 260 g/mol. The standard InChI is InChI=1S/C18H36N2O/c1-17(2,3)15-9-7-14(8-10-15)16(21)20-13-18(4,5)11-6-12-19/h14-15H,6-13,19H2,1-5H3,(H,20,21). The van der Waals surface area contributed by atoms with E-state index in [1.807, 2.05) is 0 Å². The SMILES string of the molecule is CC(C)(CCCN)CNC(=O)C1CCC(C(C)(C)C)CC1. The molecule has 1 fully saturated rings. The minimum atomic E-state index is 0.150. The number of rotatable bonds is 6. The fourth-order valence-electron chi connectivity index (χ4n) is 3.36. The lowest BCUT2D eigenvalue weighted by molar-refractivity contribution is -0.127. The Morgan fingerprint density at radius 3 is 2.14 bits per heavy atom. The lowest BCUT2D eigenvalue weighted by Crippen LogP contribution is -2.39. The average Bonchev–Trinajstić information content (AvgIpc) is 2.42. The quantitative estimate of drug-likeness (QED) is 0.785. The van der Waals surface area contributed by atoms with Crippen molar-refractivity contribution >= 4 is 5.91 Å². The molecule has 0 aromatic heterocycles. The molecule has 1 aliphatic rings. The van der Waals surface area contributed by atoms with Gasteiger partial charge in [-0.2, -0.15) is 0 Å².